The Hall–Kier alpha value is -1.41. The first kappa shape index (κ1) is 16.0. The molecule has 0 saturated carbocycles. The Labute approximate surface area is 139 Å². The minimum atomic E-state index is -1.16. The van der Waals surface area contributed by atoms with Crippen LogP contribution in [0, 0.1) is 17.1 Å². The molecule has 0 N–H and O–H groups in total. The molecule has 0 radical (unpaired) electrons. The summed E-state index contributed by atoms with van der Waals surface area (Å²) < 4.78 is 14.1. The third-order valence-corrected chi connectivity index (χ3v) is 4.28. The number of benzene rings is 2. The lowest BCUT2D eigenvalue weighted by Gasteiger charge is -2.11. The van der Waals surface area contributed by atoms with Crippen LogP contribution < -0.4 is 0 Å². The summed E-state index contributed by atoms with van der Waals surface area (Å²) in [6, 6.07) is 10.5. The molecule has 0 aromatic heterocycles. The van der Waals surface area contributed by atoms with E-state index in [-0.39, 0.29) is 10.6 Å². The summed E-state index contributed by atoms with van der Waals surface area (Å²) >= 11 is 14.8. The molecule has 0 aliphatic rings. The van der Waals surface area contributed by atoms with E-state index in [0.717, 1.165) is 0 Å². The molecule has 0 fully saturated rings. The van der Waals surface area contributed by atoms with Gasteiger partial charge in [0.05, 0.1) is 21.7 Å². The average molecular weight is 387 g/mol. The quantitative estimate of drug-likeness (QED) is 0.664. The van der Waals surface area contributed by atoms with Crippen LogP contribution in [0.25, 0.3) is 0 Å². The van der Waals surface area contributed by atoms with Gasteiger partial charge in [0.1, 0.15) is 11.7 Å². The van der Waals surface area contributed by atoms with Gasteiger partial charge in [0, 0.05) is 4.47 Å². The van der Waals surface area contributed by atoms with Crippen molar-refractivity contribution in [3.05, 3.63) is 67.9 Å². The molecular formula is C15H7BrCl2FNO. The third kappa shape index (κ3) is 3.26. The molecule has 106 valence electrons. The van der Waals surface area contributed by atoms with E-state index in [1.165, 1.54) is 30.3 Å². The Morgan fingerprint density at radius 2 is 1.95 bits per heavy atom. The Bertz CT molecular complexity index is 738. The maximum absolute atomic E-state index is 13.8. The van der Waals surface area contributed by atoms with Gasteiger partial charge in [-0.3, -0.25) is 4.79 Å². The Kier molecular flexibility index (Phi) is 5.00. The fraction of sp³-hybridized carbons (Fsp3) is 0.0667. The van der Waals surface area contributed by atoms with Crippen molar-refractivity contribution in [2.75, 3.05) is 0 Å². The highest BCUT2D eigenvalue weighted by molar-refractivity contribution is 9.10. The third-order valence-electron chi connectivity index (χ3n) is 2.88. The van der Waals surface area contributed by atoms with Crippen molar-refractivity contribution in [2.45, 2.75) is 5.92 Å². The molecule has 0 heterocycles. The van der Waals surface area contributed by atoms with E-state index in [9.17, 15) is 14.4 Å². The summed E-state index contributed by atoms with van der Waals surface area (Å²) in [5.74, 6) is -2.48. The number of nitriles is 1. The minimum absolute atomic E-state index is 0.157. The van der Waals surface area contributed by atoms with E-state index < -0.39 is 17.5 Å². The summed E-state index contributed by atoms with van der Waals surface area (Å²) in [6.07, 6.45) is 0. The van der Waals surface area contributed by atoms with Crippen LogP contribution in [-0.2, 0) is 0 Å². The second-order valence-electron chi connectivity index (χ2n) is 4.20. The van der Waals surface area contributed by atoms with Crippen LogP contribution in [-0.4, -0.2) is 5.78 Å². The first-order valence-electron chi connectivity index (χ1n) is 5.78. The van der Waals surface area contributed by atoms with Gasteiger partial charge in [0.15, 0.2) is 5.78 Å². The van der Waals surface area contributed by atoms with Gasteiger partial charge in [-0.05, 0) is 45.8 Å². The summed E-state index contributed by atoms with van der Waals surface area (Å²) in [6.45, 7) is 0. The first-order chi connectivity index (χ1) is 9.95. The molecule has 6 heteroatoms. The van der Waals surface area contributed by atoms with Crippen molar-refractivity contribution in [1.82, 2.24) is 0 Å². The molecule has 1 unspecified atom stereocenters. The number of ketones is 1. The van der Waals surface area contributed by atoms with Gasteiger partial charge in [-0.2, -0.15) is 5.26 Å². The summed E-state index contributed by atoms with van der Waals surface area (Å²) in [4.78, 5) is 12.4. The van der Waals surface area contributed by atoms with Crippen LogP contribution in [0.5, 0.6) is 0 Å². The molecule has 0 saturated heterocycles. The Balaban J connectivity index is 2.49. The zero-order valence-corrected chi connectivity index (χ0v) is 13.5. The fourth-order valence-electron chi connectivity index (χ4n) is 1.85. The highest BCUT2D eigenvalue weighted by atomic mass is 79.9. The van der Waals surface area contributed by atoms with Crippen LogP contribution in [0.15, 0.2) is 40.9 Å². The topological polar surface area (TPSA) is 40.9 Å². The van der Waals surface area contributed by atoms with E-state index in [1.807, 2.05) is 6.07 Å². The second-order valence-corrected chi connectivity index (χ2v) is 5.87. The maximum atomic E-state index is 13.8. The number of hydrogen-bond acceptors (Lipinski definition) is 2. The van der Waals surface area contributed by atoms with Crippen LogP contribution >= 0.6 is 39.1 Å². The summed E-state index contributed by atoms with van der Waals surface area (Å²) in [5, 5.41) is 9.82. The predicted molar refractivity (Wildman–Crippen MR) is 83.2 cm³/mol. The zero-order chi connectivity index (χ0) is 15.6. The molecule has 2 nitrogen and oxygen atoms in total. The van der Waals surface area contributed by atoms with Crippen molar-refractivity contribution in [3.8, 4) is 6.07 Å². The summed E-state index contributed by atoms with van der Waals surface area (Å²) in [5.41, 5.74) is 0.210. The largest absolute Gasteiger partial charge is 0.292 e. The van der Waals surface area contributed by atoms with Crippen LogP contribution in [0.4, 0.5) is 4.39 Å². The monoisotopic (exact) mass is 385 g/mol. The Morgan fingerprint density at radius 3 is 2.52 bits per heavy atom. The molecule has 0 aliphatic carbocycles. The summed E-state index contributed by atoms with van der Waals surface area (Å²) in [7, 11) is 0. The van der Waals surface area contributed by atoms with Crippen molar-refractivity contribution in [1.29, 1.82) is 5.26 Å². The highest BCUT2D eigenvalue weighted by Crippen LogP contribution is 2.30. The predicted octanol–water partition coefficient (Wildman–Crippen LogP) is 5.39. The molecule has 1 atom stereocenters. The van der Waals surface area contributed by atoms with Crippen LogP contribution in [0.1, 0.15) is 21.8 Å². The van der Waals surface area contributed by atoms with Crippen molar-refractivity contribution in [2.24, 2.45) is 0 Å². The minimum Gasteiger partial charge on any atom is -0.292 e. The molecule has 0 aliphatic heterocycles. The highest BCUT2D eigenvalue weighted by Gasteiger charge is 2.26. The zero-order valence-electron chi connectivity index (χ0n) is 10.4. The van der Waals surface area contributed by atoms with Gasteiger partial charge in [-0.25, -0.2) is 4.39 Å². The average Bonchev–Trinajstić information content (AvgIpc) is 2.43. The van der Waals surface area contributed by atoms with E-state index in [2.05, 4.69) is 15.9 Å². The number of carbonyl (C=O) groups is 1. The number of rotatable bonds is 3. The van der Waals surface area contributed by atoms with Gasteiger partial charge in [0.25, 0.3) is 0 Å². The van der Waals surface area contributed by atoms with Crippen molar-refractivity contribution in [3.63, 3.8) is 0 Å². The van der Waals surface area contributed by atoms with E-state index in [1.54, 1.807) is 6.07 Å². The van der Waals surface area contributed by atoms with Gasteiger partial charge < -0.3 is 0 Å². The molecular weight excluding hydrogens is 380 g/mol. The number of hydrogen-bond donors (Lipinski definition) is 0. The van der Waals surface area contributed by atoms with Crippen molar-refractivity contribution < 1.29 is 9.18 Å². The molecule has 0 bridgehead atoms. The standard InChI is InChI=1S/C15H7BrCl2FNO/c16-10-2-1-3-13(19)14(10)15(21)9(7-20)8-4-5-11(17)12(18)6-8/h1-6,9H. The van der Waals surface area contributed by atoms with Gasteiger partial charge in [0.2, 0.25) is 0 Å². The van der Waals surface area contributed by atoms with Gasteiger partial charge in [-0.1, -0.05) is 35.3 Å². The van der Waals surface area contributed by atoms with E-state index >= 15 is 0 Å². The lowest BCUT2D eigenvalue weighted by molar-refractivity contribution is 0.0974. The van der Waals surface area contributed by atoms with Crippen LogP contribution in [0.3, 0.4) is 0 Å². The van der Waals surface area contributed by atoms with E-state index in [4.69, 9.17) is 23.2 Å². The number of halogens is 4. The normalized spacial score (nSPS) is 11.8. The lowest BCUT2D eigenvalue weighted by atomic mass is 9.91. The van der Waals surface area contributed by atoms with Crippen molar-refractivity contribution >= 4 is 44.9 Å². The SMILES string of the molecule is N#CC(C(=O)c1c(F)cccc1Br)c1ccc(Cl)c(Cl)c1. The number of carbonyl (C=O) groups excluding carboxylic acids is 1. The molecule has 21 heavy (non-hydrogen) atoms. The van der Waals surface area contributed by atoms with Gasteiger partial charge >= 0.3 is 0 Å². The number of nitrogens with zero attached hydrogens (tertiary/aromatic N) is 1. The smallest absolute Gasteiger partial charge is 0.188 e. The van der Waals surface area contributed by atoms with E-state index in [0.29, 0.717) is 15.1 Å². The Morgan fingerprint density at radius 1 is 1.24 bits per heavy atom. The maximum Gasteiger partial charge on any atom is 0.188 e. The molecule has 2 rings (SSSR count). The van der Waals surface area contributed by atoms with Crippen LogP contribution in [0.2, 0.25) is 10.0 Å². The molecule has 0 amide bonds. The lowest BCUT2D eigenvalue weighted by Crippen LogP contribution is -2.13. The molecule has 0 spiro atoms. The first-order valence-corrected chi connectivity index (χ1v) is 7.33. The van der Waals surface area contributed by atoms with Gasteiger partial charge in [-0.15, -0.1) is 0 Å². The molecule has 2 aromatic rings. The molecule has 2 aromatic carbocycles. The second kappa shape index (κ2) is 6.57. The fourth-order valence-corrected chi connectivity index (χ4v) is 2.70. The number of Topliss-reactive ketones (excluding diaryl/α,β-unsaturated/α-hetero) is 1.